The molecule has 0 saturated heterocycles. The number of nitrogens with two attached hydrogens (primary N) is 1. The zero-order valence-corrected chi connectivity index (χ0v) is 12.5. The summed E-state index contributed by atoms with van der Waals surface area (Å²) < 4.78 is 0. The fourth-order valence-corrected chi connectivity index (χ4v) is 3.28. The van der Waals surface area contributed by atoms with Crippen molar-refractivity contribution in [3.8, 4) is 5.75 Å². The van der Waals surface area contributed by atoms with Gasteiger partial charge in [-0.15, -0.1) is 11.3 Å². The minimum Gasteiger partial charge on any atom is -0.508 e. The molecular weight excluding hydrogens is 284 g/mol. The van der Waals surface area contributed by atoms with Gasteiger partial charge < -0.3 is 10.9 Å². The first-order chi connectivity index (χ1) is 10.1. The van der Waals surface area contributed by atoms with E-state index in [-0.39, 0.29) is 5.75 Å². The molecule has 0 atom stereocenters. The first-order valence-electron chi connectivity index (χ1n) is 6.40. The molecule has 0 bridgehead atoms. The molecular formula is C15H14N4OS. The van der Waals surface area contributed by atoms with Crippen molar-refractivity contribution < 1.29 is 5.11 Å². The van der Waals surface area contributed by atoms with E-state index in [4.69, 9.17) is 5.84 Å². The van der Waals surface area contributed by atoms with E-state index in [0.29, 0.717) is 11.4 Å². The molecule has 5 nitrogen and oxygen atoms in total. The van der Waals surface area contributed by atoms with Gasteiger partial charge in [0.2, 0.25) is 0 Å². The standard InChI is InChI=1S/C15H14N4OS/c1-8-9(2)21-15-12(8)14(17-7-18-15)13(19-16)10-4-3-5-11(20)6-10/h3-7,20H,16H2,1-2H3/b19-13+. The van der Waals surface area contributed by atoms with Crippen molar-refractivity contribution in [2.75, 3.05) is 0 Å². The van der Waals surface area contributed by atoms with Gasteiger partial charge in [-0.05, 0) is 31.5 Å². The SMILES string of the molecule is Cc1sc2ncnc(/C(=N/N)c3cccc(O)c3)c2c1C. The number of thiophene rings is 1. The van der Waals surface area contributed by atoms with E-state index in [0.717, 1.165) is 21.3 Å². The number of hydrogen-bond acceptors (Lipinski definition) is 6. The second-order valence-electron chi connectivity index (χ2n) is 4.71. The topological polar surface area (TPSA) is 84.4 Å². The number of aryl methyl sites for hydroxylation is 2. The maximum Gasteiger partial charge on any atom is 0.127 e. The Morgan fingerprint density at radius 2 is 2.10 bits per heavy atom. The zero-order valence-electron chi connectivity index (χ0n) is 11.7. The monoisotopic (exact) mass is 298 g/mol. The second kappa shape index (κ2) is 5.14. The predicted molar refractivity (Wildman–Crippen MR) is 84.8 cm³/mol. The predicted octanol–water partition coefficient (Wildman–Crippen LogP) is 2.72. The third-order valence-corrected chi connectivity index (χ3v) is 4.55. The first-order valence-corrected chi connectivity index (χ1v) is 7.22. The van der Waals surface area contributed by atoms with Crippen LogP contribution in [0, 0.1) is 13.8 Å². The van der Waals surface area contributed by atoms with Gasteiger partial charge in [0, 0.05) is 15.8 Å². The Bertz CT molecular complexity index is 854. The summed E-state index contributed by atoms with van der Waals surface area (Å²) in [6.07, 6.45) is 1.51. The summed E-state index contributed by atoms with van der Waals surface area (Å²) in [4.78, 5) is 10.8. The number of rotatable bonds is 2. The van der Waals surface area contributed by atoms with Gasteiger partial charge in [-0.25, -0.2) is 9.97 Å². The summed E-state index contributed by atoms with van der Waals surface area (Å²) in [6.45, 7) is 4.09. The van der Waals surface area contributed by atoms with E-state index < -0.39 is 0 Å². The van der Waals surface area contributed by atoms with Gasteiger partial charge >= 0.3 is 0 Å². The third-order valence-electron chi connectivity index (χ3n) is 3.44. The van der Waals surface area contributed by atoms with Crippen molar-refractivity contribution in [3.05, 3.63) is 52.3 Å². The van der Waals surface area contributed by atoms with Gasteiger partial charge in [-0.3, -0.25) is 0 Å². The molecule has 2 aromatic heterocycles. The normalized spacial score (nSPS) is 12.0. The molecule has 2 heterocycles. The van der Waals surface area contributed by atoms with Crippen molar-refractivity contribution >= 4 is 27.3 Å². The molecule has 0 aliphatic carbocycles. The van der Waals surface area contributed by atoms with Crippen LogP contribution >= 0.6 is 11.3 Å². The minimum absolute atomic E-state index is 0.164. The van der Waals surface area contributed by atoms with Crippen molar-refractivity contribution in [2.45, 2.75) is 13.8 Å². The number of hydrazone groups is 1. The fourth-order valence-electron chi connectivity index (χ4n) is 2.29. The van der Waals surface area contributed by atoms with E-state index in [1.54, 1.807) is 29.5 Å². The minimum atomic E-state index is 0.164. The lowest BCUT2D eigenvalue weighted by molar-refractivity contribution is 0.475. The summed E-state index contributed by atoms with van der Waals surface area (Å²) in [6, 6.07) is 6.81. The van der Waals surface area contributed by atoms with Crippen LogP contribution in [0.4, 0.5) is 0 Å². The van der Waals surface area contributed by atoms with E-state index in [1.807, 2.05) is 13.0 Å². The molecule has 1 aromatic carbocycles. The number of hydrogen-bond donors (Lipinski definition) is 2. The van der Waals surface area contributed by atoms with Crippen LogP contribution < -0.4 is 5.84 Å². The largest absolute Gasteiger partial charge is 0.508 e. The Kier molecular flexibility index (Phi) is 3.31. The number of aromatic nitrogens is 2. The lowest BCUT2D eigenvalue weighted by atomic mass is 10.0. The van der Waals surface area contributed by atoms with Crippen molar-refractivity contribution in [1.82, 2.24) is 9.97 Å². The van der Waals surface area contributed by atoms with E-state index in [9.17, 15) is 5.11 Å². The molecule has 21 heavy (non-hydrogen) atoms. The lowest BCUT2D eigenvalue weighted by Crippen LogP contribution is -2.09. The Morgan fingerprint density at radius 3 is 2.81 bits per heavy atom. The highest BCUT2D eigenvalue weighted by Crippen LogP contribution is 2.31. The number of benzene rings is 1. The van der Waals surface area contributed by atoms with Gasteiger partial charge in [0.05, 0.1) is 0 Å². The van der Waals surface area contributed by atoms with Gasteiger partial charge in [-0.2, -0.15) is 5.10 Å². The second-order valence-corrected chi connectivity index (χ2v) is 5.92. The number of nitrogens with zero attached hydrogens (tertiary/aromatic N) is 3. The van der Waals surface area contributed by atoms with Crippen LogP contribution in [0.15, 0.2) is 35.7 Å². The molecule has 6 heteroatoms. The highest BCUT2D eigenvalue weighted by molar-refractivity contribution is 7.18. The molecule has 106 valence electrons. The number of fused-ring (bicyclic) bond motifs is 1. The van der Waals surface area contributed by atoms with E-state index >= 15 is 0 Å². The Labute approximate surface area is 125 Å². The first kappa shape index (κ1) is 13.5. The van der Waals surface area contributed by atoms with E-state index in [1.165, 1.54) is 11.2 Å². The quantitative estimate of drug-likeness (QED) is 0.433. The average molecular weight is 298 g/mol. The Hall–Kier alpha value is -2.47. The van der Waals surface area contributed by atoms with Crippen LogP contribution in [0.5, 0.6) is 5.75 Å². The molecule has 3 aromatic rings. The fraction of sp³-hybridized carbons (Fsp3) is 0.133. The molecule has 0 amide bonds. The molecule has 0 radical (unpaired) electrons. The molecule has 3 rings (SSSR count). The van der Waals surface area contributed by atoms with Gasteiger partial charge in [0.1, 0.15) is 28.3 Å². The number of phenolic OH excluding ortho intramolecular Hbond substituents is 1. The van der Waals surface area contributed by atoms with Gasteiger partial charge in [-0.1, -0.05) is 12.1 Å². The van der Waals surface area contributed by atoms with Crippen LogP contribution in [-0.4, -0.2) is 20.8 Å². The lowest BCUT2D eigenvalue weighted by Gasteiger charge is -2.07. The number of aromatic hydroxyl groups is 1. The van der Waals surface area contributed by atoms with E-state index in [2.05, 4.69) is 22.0 Å². The van der Waals surface area contributed by atoms with Crippen LogP contribution in [-0.2, 0) is 0 Å². The maximum absolute atomic E-state index is 9.65. The Morgan fingerprint density at radius 1 is 1.29 bits per heavy atom. The van der Waals surface area contributed by atoms with Gasteiger partial charge in [0.15, 0.2) is 0 Å². The Balaban J connectivity index is 2.28. The molecule has 0 saturated carbocycles. The number of phenols is 1. The van der Waals surface area contributed by atoms with Crippen LogP contribution in [0.2, 0.25) is 0 Å². The molecule has 0 fully saturated rings. The van der Waals surface area contributed by atoms with Crippen LogP contribution in [0.25, 0.3) is 10.2 Å². The van der Waals surface area contributed by atoms with Crippen LogP contribution in [0.1, 0.15) is 21.7 Å². The third kappa shape index (κ3) is 2.23. The smallest absolute Gasteiger partial charge is 0.127 e. The van der Waals surface area contributed by atoms with Gasteiger partial charge in [0.25, 0.3) is 0 Å². The molecule has 0 aliphatic heterocycles. The highest BCUT2D eigenvalue weighted by atomic mass is 32.1. The summed E-state index contributed by atoms with van der Waals surface area (Å²) >= 11 is 1.62. The van der Waals surface area contributed by atoms with Crippen molar-refractivity contribution in [1.29, 1.82) is 0 Å². The summed E-state index contributed by atoms with van der Waals surface area (Å²) in [5.41, 5.74) is 3.09. The average Bonchev–Trinajstić information content (AvgIpc) is 2.76. The molecule has 0 spiro atoms. The van der Waals surface area contributed by atoms with Crippen LogP contribution in [0.3, 0.4) is 0 Å². The van der Waals surface area contributed by atoms with Crippen molar-refractivity contribution in [3.63, 3.8) is 0 Å². The molecule has 3 N–H and O–H groups in total. The zero-order chi connectivity index (χ0) is 15.0. The molecule has 0 aliphatic rings. The highest BCUT2D eigenvalue weighted by Gasteiger charge is 2.17. The summed E-state index contributed by atoms with van der Waals surface area (Å²) in [7, 11) is 0. The maximum atomic E-state index is 9.65. The summed E-state index contributed by atoms with van der Waals surface area (Å²) in [5, 5.41) is 14.5. The molecule has 0 unspecified atom stereocenters. The van der Waals surface area contributed by atoms with Crippen molar-refractivity contribution in [2.24, 2.45) is 10.9 Å². The summed E-state index contributed by atoms with van der Waals surface area (Å²) in [5.74, 6) is 5.75.